The molecule has 4 aromatic carbocycles. The van der Waals surface area contributed by atoms with Gasteiger partial charge in [-0.1, -0.05) is 29.8 Å². The lowest BCUT2D eigenvalue weighted by atomic mass is 9.88. The predicted octanol–water partition coefficient (Wildman–Crippen LogP) is 7.66. The third kappa shape index (κ3) is 16.2. The Balaban J connectivity index is 0.669. The Labute approximate surface area is 440 Å². The van der Waals surface area contributed by atoms with Crippen molar-refractivity contribution in [1.29, 1.82) is 5.26 Å². The van der Waals surface area contributed by atoms with Gasteiger partial charge in [0, 0.05) is 71.8 Å². The Morgan fingerprint density at radius 3 is 2.07 bits per heavy atom. The number of nitrogens with zero attached hydrogens (tertiary/aromatic N) is 4. The maximum absolute atomic E-state index is 13.2. The lowest BCUT2D eigenvalue weighted by Crippen LogP contribution is -2.43. The number of rotatable bonds is 27. The van der Waals surface area contributed by atoms with E-state index in [1.54, 1.807) is 47.7 Å². The van der Waals surface area contributed by atoms with Crippen LogP contribution in [0.3, 0.4) is 0 Å². The van der Waals surface area contributed by atoms with E-state index in [0.29, 0.717) is 107 Å². The predicted molar refractivity (Wildman–Crippen MR) is 285 cm³/mol. The van der Waals surface area contributed by atoms with Crippen LogP contribution in [0.5, 0.6) is 5.75 Å². The van der Waals surface area contributed by atoms with Crippen molar-refractivity contribution < 1.29 is 47.6 Å². The highest BCUT2D eigenvalue weighted by atomic mass is 35.5. The van der Waals surface area contributed by atoms with Crippen LogP contribution in [-0.4, -0.2) is 127 Å². The average Bonchev–Trinajstić information content (AvgIpc) is 3.93. The normalized spacial score (nSPS) is 15.1. The summed E-state index contributed by atoms with van der Waals surface area (Å²) in [7, 11) is 0. The number of ether oxygens (including phenoxy) is 6. The third-order valence-corrected chi connectivity index (χ3v) is 13.1. The topological polar surface area (TPSA) is 203 Å². The molecule has 0 spiro atoms. The first-order chi connectivity index (χ1) is 36.1. The number of benzene rings is 4. The molecule has 17 nitrogen and oxygen atoms in total. The molecule has 2 atom stereocenters. The van der Waals surface area contributed by atoms with Gasteiger partial charge in [-0.15, -0.1) is 11.3 Å². The molecule has 0 aliphatic carbocycles. The molecule has 2 aliphatic rings. The van der Waals surface area contributed by atoms with Crippen molar-refractivity contribution in [2.24, 2.45) is 0 Å². The largest absolute Gasteiger partial charge is 0.484 e. The van der Waals surface area contributed by atoms with Gasteiger partial charge in [0.05, 0.1) is 72.1 Å². The monoisotopic (exact) mass is 1050 g/mol. The van der Waals surface area contributed by atoms with Gasteiger partial charge in [0.15, 0.2) is 6.61 Å². The van der Waals surface area contributed by atoms with Gasteiger partial charge in [0.1, 0.15) is 22.4 Å². The van der Waals surface area contributed by atoms with Crippen LogP contribution >= 0.6 is 22.9 Å². The Hall–Kier alpha value is -6.69. The standard InChI is InChI=1S/C55H62ClN7O10S/c1-38-32-49(61-46-12-10-45(56)11-13-46)48-34-42(9-15-51(48)63(38)39(2)64)40-5-7-41(8-6-40)54(66)60-18-22-69-24-26-71-28-30-72-29-27-70-25-23-68-21-17-58-52(65)37-73-47-14-16-50-43(33-47)4-3-20-62(50)55(67)44(36-57)35-53-59-19-31-74-53/h5-16,19,31,33-35,38,49,61H,3-4,17-18,20-30,32,37H2,1-2H3,(H,58,65)(H,60,66)/b44-35+/t38-,49+/m0/s1. The summed E-state index contributed by atoms with van der Waals surface area (Å²) >= 11 is 7.48. The Kier molecular flexibility index (Phi) is 21.3. The van der Waals surface area contributed by atoms with Gasteiger partial charge in [0.25, 0.3) is 17.7 Å². The maximum Gasteiger partial charge on any atom is 0.269 e. The molecule has 0 unspecified atom stereocenters. The van der Waals surface area contributed by atoms with E-state index in [-0.39, 0.29) is 47.9 Å². The summed E-state index contributed by atoms with van der Waals surface area (Å²) < 4.78 is 33.6. The molecule has 0 radical (unpaired) electrons. The van der Waals surface area contributed by atoms with Crippen molar-refractivity contribution in [1.82, 2.24) is 15.6 Å². The number of amides is 4. The fraction of sp³-hybridized carbons (Fsp3) is 0.382. The molecule has 7 rings (SSSR count). The molecular formula is C55H62ClN7O10S. The summed E-state index contributed by atoms with van der Waals surface area (Å²) in [6.45, 7) is 8.46. The number of halogens is 1. The fourth-order valence-corrected chi connectivity index (χ4v) is 9.29. The summed E-state index contributed by atoms with van der Waals surface area (Å²) in [4.78, 5) is 58.7. The van der Waals surface area contributed by atoms with E-state index in [9.17, 15) is 24.4 Å². The van der Waals surface area contributed by atoms with Crippen LogP contribution in [0.2, 0.25) is 5.02 Å². The van der Waals surface area contributed by atoms with Crippen LogP contribution in [0.4, 0.5) is 17.1 Å². The highest BCUT2D eigenvalue weighted by molar-refractivity contribution is 7.10. The first-order valence-electron chi connectivity index (χ1n) is 24.7. The molecule has 3 heterocycles. The highest BCUT2D eigenvalue weighted by Gasteiger charge is 2.33. The fourth-order valence-electron chi connectivity index (χ4n) is 8.60. The number of carbonyl (C=O) groups is 4. The van der Waals surface area contributed by atoms with Gasteiger partial charge in [-0.25, -0.2) is 4.98 Å². The molecule has 0 saturated heterocycles. The minimum Gasteiger partial charge on any atom is -0.484 e. The van der Waals surface area contributed by atoms with E-state index in [1.165, 1.54) is 17.4 Å². The van der Waals surface area contributed by atoms with Gasteiger partial charge in [-0.2, -0.15) is 5.26 Å². The molecule has 0 bridgehead atoms. The zero-order valence-electron chi connectivity index (χ0n) is 41.6. The summed E-state index contributed by atoms with van der Waals surface area (Å²) in [6.07, 6.45) is 5.35. The quantitative estimate of drug-likeness (QED) is 0.0263. The minimum absolute atomic E-state index is 0.00154. The highest BCUT2D eigenvalue weighted by Crippen LogP contribution is 2.41. The number of thiazole rings is 1. The zero-order chi connectivity index (χ0) is 52.1. The van der Waals surface area contributed by atoms with Crippen LogP contribution in [0.1, 0.15) is 59.2 Å². The summed E-state index contributed by atoms with van der Waals surface area (Å²) in [6, 6.07) is 28.6. The second-order valence-electron chi connectivity index (χ2n) is 17.4. The van der Waals surface area contributed by atoms with Crippen LogP contribution in [0, 0.1) is 11.3 Å². The van der Waals surface area contributed by atoms with Crippen molar-refractivity contribution in [3.63, 3.8) is 0 Å². The number of anilines is 3. The molecule has 19 heteroatoms. The summed E-state index contributed by atoms with van der Waals surface area (Å²) in [5, 5.41) is 22.0. The van der Waals surface area contributed by atoms with Crippen LogP contribution < -0.4 is 30.5 Å². The second kappa shape index (κ2) is 28.7. The van der Waals surface area contributed by atoms with Gasteiger partial charge >= 0.3 is 0 Å². The summed E-state index contributed by atoms with van der Waals surface area (Å²) in [5.41, 5.74) is 7.00. The summed E-state index contributed by atoms with van der Waals surface area (Å²) in [5.74, 6) is -0.340. The maximum atomic E-state index is 13.2. The molecule has 4 amide bonds. The van der Waals surface area contributed by atoms with E-state index in [4.69, 9.17) is 40.0 Å². The van der Waals surface area contributed by atoms with Crippen LogP contribution in [-0.2, 0) is 44.5 Å². The van der Waals surface area contributed by atoms with Gasteiger partial charge in [0.2, 0.25) is 5.91 Å². The number of aromatic nitrogens is 1. The lowest BCUT2D eigenvalue weighted by Gasteiger charge is -2.39. The Morgan fingerprint density at radius 1 is 0.797 bits per heavy atom. The molecule has 0 fully saturated rings. The van der Waals surface area contributed by atoms with Crippen molar-refractivity contribution in [3.8, 4) is 22.9 Å². The number of hydrogen-bond donors (Lipinski definition) is 3. The first-order valence-corrected chi connectivity index (χ1v) is 25.9. The van der Waals surface area contributed by atoms with E-state index < -0.39 is 0 Å². The molecule has 2 aliphatic heterocycles. The molecule has 3 N–H and O–H groups in total. The van der Waals surface area contributed by atoms with E-state index in [1.807, 2.05) is 65.6 Å². The lowest BCUT2D eigenvalue weighted by molar-refractivity contribution is -0.123. The molecule has 390 valence electrons. The third-order valence-electron chi connectivity index (χ3n) is 12.1. The first kappa shape index (κ1) is 55.1. The number of nitrogens with one attached hydrogen (secondary N) is 3. The number of carbonyl (C=O) groups excluding carboxylic acids is 4. The molecule has 5 aromatic rings. The van der Waals surface area contributed by atoms with Crippen molar-refractivity contribution in [2.75, 3.05) is 107 Å². The van der Waals surface area contributed by atoms with E-state index >= 15 is 0 Å². The van der Waals surface area contributed by atoms with E-state index in [0.717, 1.165) is 58.6 Å². The number of nitriles is 1. The van der Waals surface area contributed by atoms with Crippen molar-refractivity contribution >= 4 is 69.7 Å². The van der Waals surface area contributed by atoms with Crippen molar-refractivity contribution in [3.05, 3.63) is 129 Å². The van der Waals surface area contributed by atoms with Crippen LogP contribution in [0.25, 0.3) is 17.2 Å². The average molecular weight is 1050 g/mol. The number of hydrogen-bond acceptors (Lipinski definition) is 14. The molecule has 74 heavy (non-hydrogen) atoms. The van der Waals surface area contributed by atoms with Gasteiger partial charge < -0.3 is 54.2 Å². The number of aryl methyl sites for hydroxylation is 1. The zero-order valence-corrected chi connectivity index (χ0v) is 43.2. The van der Waals surface area contributed by atoms with Gasteiger partial charge in [-0.3, -0.25) is 19.2 Å². The Morgan fingerprint density at radius 2 is 1.43 bits per heavy atom. The molecule has 1 aromatic heterocycles. The molecular weight excluding hydrogens is 986 g/mol. The Bertz CT molecular complexity index is 2720. The number of fused-ring (bicyclic) bond motifs is 2. The second-order valence-corrected chi connectivity index (χ2v) is 18.7. The molecule has 0 saturated carbocycles. The SMILES string of the molecule is CC(=O)N1c2ccc(-c3ccc(C(=O)NCCOCCOCCOCCOCCOCCNC(=O)COc4ccc5c(c4)CCCN5C(=O)/C(C#N)=C/c4nccs4)cc3)cc2[C@H](Nc2ccc(Cl)cc2)C[C@@H]1C. The van der Waals surface area contributed by atoms with Crippen LogP contribution in [0.15, 0.2) is 102 Å². The minimum atomic E-state index is -0.375. The van der Waals surface area contributed by atoms with E-state index in [2.05, 4.69) is 33.9 Å². The van der Waals surface area contributed by atoms with Gasteiger partial charge in [-0.05, 0) is 121 Å². The van der Waals surface area contributed by atoms with Crippen molar-refractivity contribution in [2.45, 2.75) is 45.2 Å². The smallest absolute Gasteiger partial charge is 0.269 e.